The Hall–Kier alpha value is -0.770. The lowest BCUT2D eigenvalue weighted by atomic mass is 10.1. The van der Waals surface area contributed by atoms with Gasteiger partial charge < -0.3 is 27.6 Å². The number of para-hydroxylation sites is 1. The lowest BCUT2D eigenvalue weighted by Gasteiger charge is -2.23. The zero-order valence-corrected chi connectivity index (χ0v) is 13.2. The van der Waals surface area contributed by atoms with Crippen LogP contribution in [0.25, 0.3) is 0 Å². The van der Waals surface area contributed by atoms with Crippen molar-refractivity contribution in [2.45, 2.75) is 46.3 Å². The summed E-state index contributed by atoms with van der Waals surface area (Å²) in [6, 6.07) is 6.04. The standard InChI is InChI=1S/C15H25NO2.ClH/c1-11-7-6-8-12(2)14(11)18-10-13(17)9-16-15(3,4)5;/h6-8,13,16-17H,9-10H2,1-5H3;1H/p-1. The maximum atomic E-state index is 9.87. The van der Waals surface area contributed by atoms with Crippen molar-refractivity contribution in [3.8, 4) is 5.75 Å². The monoisotopic (exact) mass is 286 g/mol. The molecule has 1 aromatic rings. The summed E-state index contributed by atoms with van der Waals surface area (Å²) in [5.74, 6) is 0.882. The Morgan fingerprint density at radius 1 is 1.21 bits per heavy atom. The molecule has 0 saturated carbocycles. The Kier molecular flexibility index (Phi) is 7.42. The predicted molar refractivity (Wildman–Crippen MR) is 75.2 cm³/mol. The summed E-state index contributed by atoms with van der Waals surface area (Å²) in [5.41, 5.74) is 2.22. The summed E-state index contributed by atoms with van der Waals surface area (Å²) < 4.78 is 5.70. The van der Waals surface area contributed by atoms with E-state index in [0.717, 1.165) is 16.9 Å². The molecule has 0 saturated heterocycles. The number of halogens is 1. The molecule has 0 amide bonds. The third kappa shape index (κ3) is 6.81. The van der Waals surface area contributed by atoms with E-state index in [1.54, 1.807) is 0 Å². The van der Waals surface area contributed by atoms with Gasteiger partial charge in [-0.15, -0.1) is 0 Å². The number of aryl methyl sites for hydroxylation is 2. The van der Waals surface area contributed by atoms with Crippen LogP contribution in [0.3, 0.4) is 0 Å². The number of ether oxygens (including phenoxy) is 1. The summed E-state index contributed by atoms with van der Waals surface area (Å²) in [6.45, 7) is 11.1. The van der Waals surface area contributed by atoms with Crippen LogP contribution in [0.1, 0.15) is 31.9 Å². The van der Waals surface area contributed by atoms with Gasteiger partial charge in [0.15, 0.2) is 0 Å². The number of β-amino-alcohol motifs (C(OH)–C–C–N with tert-alkyl or cyclic N) is 1. The average Bonchev–Trinajstić information content (AvgIpc) is 2.25. The molecular formula is C15H25ClNO2-. The molecule has 1 rings (SSSR count). The molecule has 4 heteroatoms. The molecule has 0 aromatic heterocycles. The van der Waals surface area contributed by atoms with Gasteiger partial charge in [0, 0.05) is 12.1 Å². The smallest absolute Gasteiger partial charge is 0.125 e. The van der Waals surface area contributed by atoms with E-state index in [9.17, 15) is 5.11 Å². The Morgan fingerprint density at radius 3 is 2.21 bits per heavy atom. The van der Waals surface area contributed by atoms with E-state index in [-0.39, 0.29) is 17.9 Å². The Balaban J connectivity index is 0.00000324. The molecule has 19 heavy (non-hydrogen) atoms. The minimum absolute atomic E-state index is 0. The lowest BCUT2D eigenvalue weighted by molar-refractivity contribution is -0.00000614. The highest BCUT2D eigenvalue weighted by Crippen LogP contribution is 2.22. The number of hydrogen-bond acceptors (Lipinski definition) is 3. The normalized spacial score (nSPS) is 12.7. The SMILES string of the molecule is Cc1cccc(C)c1OCC(O)CNC(C)(C)C.[Cl-]. The van der Waals surface area contributed by atoms with Crippen molar-refractivity contribution < 1.29 is 22.3 Å². The van der Waals surface area contributed by atoms with Crippen molar-refractivity contribution in [2.24, 2.45) is 0 Å². The first-order chi connectivity index (χ1) is 8.29. The molecule has 0 heterocycles. The van der Waals surface area contributed by atoms with Crippen LogP contribution in [0.2, 0.25) is 0 Å². The quantitative estimate of drug-likeness (QED) is 0.762. The van der Waals surface area contributed by atoms with Gasteiger partial charge in [0.05, 0.1) is 0 Å². The third-order valence-electron chi connectivity index (χ3n) is 2.70. The average molecular weight is 287 g/mol. The van der Waals surface area contributed by atoms with Gasteiger partial charge in [-0.1, -0.05) is 18.2 Å². The molecular weight excluding hydrogens is 262 g/mol. The second-order valence-corrected chi connectivity index (χ2v) is 5.82. The van der Waals surface area contributed by atoms with Gasteiger partial charge in [-0.3, -0.25) is 0 Å². The Bertz CT molecular complexity index is 368. The number of hydrogen-bond donors (Lipinski definition) is 2. The van der Waals surface area contributed by atoms with E-state index in [0.29, 0.717) is 13.2 Å². The summed E-state index contributed by atoms with van der Waals surface area (Å²) in [5, 5.41) is 13.1. The summed E-state index contributed by atoms with van der Waals surface area (Å²) in [4.78, 5) is 0. The van der Waals surface area contributed by atoms with Crippen molar-refractivity contribution >= 4 is 0 Å². The molecule has 1 unspecified atom stereocenters. The maximum Gasteiger partial charge on any atom is 0.125 e. The van der Waals surface area contributed by atoms with Gasteiger partial charge in [-0.2, -0.15) is 0 Å². The first-order valence-electron chi connectivity index (χ1n) is 6.42. The van der Waals surface area contributed by atoms with Crippen molar-refractivity contribution in [3.63, 3.8) is 0 Å². The Labute approximate surface area is 122 Å². The third-order valence-corrected chi connectivity index (χ3v) is 2.70. The van der Waals surface area contributed by atoms with Crippen molar-refractivity contribution in [2.75, 3.05) is 13.2 Å². The number of rotatable bonds is 5. The molecule has 2 N–H and O–H groups in total. The fraction of sp³-hybridized carbons (Fsp3) is 0.600. The van der Waals surface area contributed by atoms with E-state index in [4.69, 9.17) is 4.74 Å². The van der Waals surface area contributed by atoms with Crippen LogP contribution < -0.4 is 22.5 Å². The topological polar surface area (TPSA) is 41.5 Å². The van der Waals surface area contributed by atoms with E-state index in [1.165, 1.54) is 0 Å². The van der Waals surface area contributed by atoms with Crippen molar-refractivity contribution in [1.82, 2.24) is 5.32 Å². The molecule has 0 bridgehead atoms. The van der Waals surface area contributed by atoms with Crippen molar-refractivity contribution in [3.05, 3.63) is 29.3 Å². The van der Waals surface area contributed by atoms with Gasteiger partial charge in [-0.05, 0) is 45.7 Å². The van der Waals surface area contributed by atoms with Crippen LogP contribution >= 0.6 is 0 Å². The summed E-state index contributed by atoms with van der Waals surface area (Å²) in [7, 11) is 0. The minimum Gasteiger partial charge on any atom is -1.00 e. The number of aliphatic hydroxyl groups excluding tert-OH is 1. The highest BCUT2D eigenvalue weighted by molar-refractivity contribution is 5.39. The number of nitrogens with one attached hydrogen (secondary N) is 1. The van der Waals surface area contributed by atoms with Gasteiger partial charge in [0.2, 0.25) is 0 Å². The predicted octanol–water partition coefficient (Wildman–Crippen LogP) is -0.565. The molecule has 0 radical (unpaired) electrons. The fourth-order valence-electron chi connectivity index (χ4n) is 1.69. The largest absolute Gasteiger partial charge is 1.00 e. The fourth-order valence-corrected chi connectivity index (χ4v) is 1.69. The zero-order valence-electron chi connectivity index (χ0n) is 12.5. The van der Waals surface area contributed by atoms with E-state index in [1.807, 2.05) is 32.0 Å². The van der Waals surface area contributed by atoms with Crippen LogP contribution in [-0.4, -0.2) is 29.9 Å². The van der Waals surface area contributed by atoms with E-state index < -0.39 is 6.10 Å². The second kappa shape index (κ2) is 7.73. The molecule has 0 aliphatic carbocycles. The maximum absolute atomic E-state index is 9.87. The molecule has 0 aliphatic heterocycles. The van der Waals surface area contributed by atoms with Crippen LogP contribution in [0, 0.1) is 13.8 Å². The first-order valence-corrected chi connectivity index (χ1v) is 6.42. The number of benzene rings is 1. The summed E-state index contributed by atoms with van der Waals surface area (Å²) >= 11 is 0. The van der Waals surface area contributed by atoms with Crippen LogP contribution in [-0.2, 0) is 0 Å². The molecule has 3 nitrogen and oxygen atoms in total. The minimum atomic E-state index is -0.497. The first kappa shape index (κ1) is 18.2. The van der Waals surface area contributed by atoms with Gasteiger partial charge >= 0.3 is 0 Å². The summed E-state index contributed by atoms with van der Waals surface area (Å²) in [6.07, 6.45) is -0.497. The zero-order chi connectivity index (χ0) is 13.8. The van der Waals surface area contributed by atoms with Gasteiger partial charge in [-0.25, -0.2) is 0 Å². The van der Waals surface area contributed by atoms with E-state index >= 15 is 0 Å². The number of aliphatic hydroxyl groups is 1. The lowest BCUT2D eigenvalue weighted by Crippen LogP contribution is -3.00. The Morgan fingerprint density at radius 2 is 1.74 bits per heavy atom. The van der Waals surface area contributed by atoms with Gasteiger partial charge in [0.1, 0.15) is 18.5 Å². The molecule has 1 aromatic carbocycles. The van der Waals surface area contributed by atoms with Crippen LogP contribution in [0.5, 0.6) is 5.75 Å². The van der Waals surface area contributed by atoms with E-state index in [2.05, 4.69) is 26.1 Å². The molecule has 0 aliphatic rings. The highest BCUT2D eigenvalue weighted by atomic mass is 35.5. The van der Waals surface area contributed by atoms with Crippen LogP contribution in [0.4, 0.5) is 0 Å². The highest BCUT2D eigenvalue weighted by Gasteiger charge is 2.13. The van der Waals surface area contributed by atoms with Gasteiger partial charge in [0.25, 0.3) is 0 Å². The molecule has 0 fully saturated rings. The second-order valence-electron chi connectivity index (χ2n) is 5.82. The van der Waals surface area contributed by atoms with Crippen molar-refractivity contribution in [1.29, 1.82) is 0 Å². The molecule has 1 atom stereocenters. The molecule has 0 spiro atoms. The molecule has 110 valence electrons. The van der Waals surface area contributed by atoms with Crippen LogP contribution in [0.15, 0.2) is 18.2 Å².